The smallest absolute Gasteiger partial charge is 0.313 e. The number of hydrogen-bond donors (Lipinski definition) is 1. The molecular formula is C33H37ClN2O6. The van der Waals surface area contributed by atoms with Crippen LogP contribution in [0.15, 0.2) is 79.9 Å². The van der Waals surface area contributed by atoms with Crippen LogP contribution in [0.5, 0.6) is 0 Å². The third-order valence-electron chi connectivity index (χ3n) is 9.09. The van der Waals surface area contributed by atoms with E-state index in [9.17, 15) is 19.5 Å². The highest BCUT2D eigenvalue weighted by molar-refractivity contribution is 6.34. The average Bonchev–Trinajstić information content (AvgIpc) is 3.61. The van der Waals surface area contributed by atoms with Gasteiger partial charge in [-0.25, -0.2) is 0 Å². The molecule has 3 heterocycles. The molecule has 9 heteroatoms. The van der Waals surface area contributed by atoms with Gasteiger partial charge in [-0.3, -0.25) is 14.4 Å². The van der Waals surface area contributed by atoms with E-state index in [1.54, 1.807) is 30.3 Å². The van der Waals surface area contributed by atoms with Crippen molar-refractivity contribution in [3.05, 3.63) is 90.5 Å². The fourth-order valence-electron chi connectivity index (χ4n) is 7.31. The van der Waals surface area contributed by atoms with Crippen LogP contribution in [0.4, 0.5) is 5.69 Å². The van der Waals surface area contributed by atoms with Crippen molar-refractivity contribution in [2.24, 2.45) is 11.8 Å². The Labute approximate surface area is 251 Å². The van der Waals surface area contributed by atoms with Crippen LogP contribution in [-0.4, -0.2) is 70.8 Å². The van der Waals surface area contributed by atoms with Crippen LogP contribution in [0.1, 0.15) is 31.7 Å². The summed E-state index contributed by atoms with van der Waals surface area (Å²) in [4.78, 5) is 46.0. The molecule has 1 spiro atoms. The summed E-state index contributed by atoms with van der Waals surface area (Å²) in [6.07, 6.45) is 4.77. The van der Waals surface area contributed by atoms with Crippen LogP contribution >= 0.6 is 11.6 Å². The van der Waals surface area contributed by atoms with Crippen molar-refractivity contribution in [3.63, 3.8) is 0 Å². The van der Waals surface area contributed by atoms with Crippen molar-refractivity contribution in [3.8, 4) is 0 Å². The van der Waals surface area contributed by atoms with Gasteiger partial charge in [0.2, 0.25) is 5.91 Å². The summed E-state index contributed by atoms with van der Waals surface area (Å²) in [6.45, 7) is 9.16. The molecule has 42 heavy (non-hydrogen) atoms. The van der Waals surface area contributed by atoms with Crippen molar-refractivity contribution in [2.75, 3.05) is 24.7 Å². The van der Waals surface area contributed by atoms with Crippen LogP contribution in [-0.2, 0) is 30.3 Å². The molecule has 2 aromatic rings. The molecule has 0 radical (unpaired) electrons. The highest BCUT2D eigenvalue weighted by Gasteiger charge is 2.79. The maximum atomic E-state index is 14.8. The molecule has 1 N–H and O–H groups in total. The van der Waals surface area contributed by atoms with Gasteiger partial charge in [0.25, 0.3) is 5.91 Å². The molecule has 2 bridgehead atoms. The van der Waals surface area contributed by atoms with Gasteiger partial charge in [0.1, 0.15) is 24.2 Å². The predicted molar refractivity (Wildman–Crippen MR) is 160 cm³/mol. The van der Waals surface area contributed by atoms with Gasteiger partial charge in [-0.1, -0.05) is 79.7 Å². The summed E-state index contributed by atoms with van der Waals surface area (Å²) in [5.74, 6) is -3.18. The van der Waals surface area contributed by atoms with Crippen LogP contribution in [0, 0.1) is 11.8 Å². The SMILES string of the molecule is C=CCOC(=O)[C@H]1[C@H]2C(=O)N([C@@H](CO)Cc3ccccc3)C(C(=O)N(CC=C)c3ccccc3Cl)C23CC[C@]1(CC)O3. The zero-order valence-electron chi connectivity index (χ0n) is 23.8. The fraction of sp³-hybridized carbons (Fsp3) is 0.424. The number of benzene rings is 2. The Hall–Kier alpha value is -3.46. The number of anilines is 1. The lowest BCUT2D eigenvalue weighted by atomic mass is 9.65. The third-order valence-corrected chi connectivity index (χ3v) is 9.41. The minimum atomic E-state index is -1.28. The minimum Gasteiger partial charge on any atom is -0.461 e. The first-order valence-electron chi connectivity index (χ1n) is 14.4. The number of amides is 2. The quantitative estimate of drug-likeness (QED) is 0.291. The monoisotopic (exact) mass is 592 g/mol. The molecule has 3 aliphatic heterocycles. The number of carbonyl (C=O) groups excluding carboxylic acids is 3. The fourth-order valence-corrected chi connectivity index (χ4v) is 7.55. The first-order valence-corrected chi connectivity index (χ1v) is 14.8. The molecule has 3 saturated heterocycles. The topological polar surface area (TPSA) is 96.4 Å². The van der Waals surface area contributed by atoms with Crippen LogP contribution in [0.2, 0.25) is 5.02 Å². The number of fused-ring (bicyclic) bond motifs is 1. The highest BCUT2D eigenvalue weighted by Crippen LogP contribution is 2.65. The molecule has 0 aromatic heterocycles. The lowest BCUT2D eigenvalue weighted by molar-refractivity contribution is -0.161. The summed E-state index contributed by atoms with van der Waals surface area (Å²) < 4.78 is 12.3. The lowest BCUT2D eigenvalue weighted by Gasteiger charge is -2.39. The van der Waals surface area contributed by atoms with Crippen LogP contribution in [0.25, 0.3) is 0 Å². The maximum absolute atomic E-state index is 14.8. The van der Waals surface area contributed by atoms with E-state index in [-0.39, 0.29) is 19.8 Å². The van der Waals surface area contributed by atoms with Gasteiger partial charge in [0, 0.05) is 6.54 Å². The van der Waals surface area contributed by atoms with Crippen molar-refractivity contribution in [1.29, 1.82) is 0 Å². The maximum Gasteiger partial charge on any atom is 0.313 e. The number of aliphatic hydroxyl groups excluding tert-OH is 1. The Morgan fingerprint density at radius 3 is 2.52 bits per heavy atom. The van der Waals surface area contributed by atoms with Gasteiger partial charge in [0.05, 0.1) is 34.9 Å². The molecule has 3 aliphatic rings. The number of halogens is 1. The second-order valence-electron chi connectivity index (χ2n) is 11.2. The number of esters is 1. The minimum absolute atomic E-state index is 0.00199. The first kappa shape index (κ1) is 30.0. The van der Waals surface area contributed by atoms with E-state index < -0.39 is 52.9 Å². The summed E-state index contributed by atoms with van der Waals surface area (Å²) in [5.41, 5.74) is -0.853. The predicted octanol–water partition coefficient (Wildman–Crippen LogP) is 4.35. The van der Waals surface area contributed by atoms with Crippen LogP contribution in [0.3, 0.4) is 0 Å². The average molecular weight is 593 g/mol. The van der Waals surface area contributed by atoms with Gasteiger partial charge in [-0.05, 0) is 43.4 Å². The Morgan fingerprint density at radius 2 is 1.88 bits per heavy atom. The van der Waals surface area contributed by atoms with Crippen molar-refractivity contribution in [1.82, 2.24) is 4.90 Å². The largest absolute Gasteiger partial charge is 0.461 e. The second kappa shape index (κ2) is 12.0. The molecule has 2 amide bonds. The summed E-state index contributed by atoms with van der Waals surface area (Å²) in [5, 5.41) is 11.1. The number of aliphatic hydroxyl groups is 1. The first-order chi connectivity index (χ1) is 20.3. The van der Waals surface area contributed by atoms with E-state index in [0.717, 1.165) is 5.56 Å². The van der Waals surface area contributed by atoms with Crippen LogP contribution < -0.4 is 4.90 Å². The Bertz CT molecular complexity index is 1370. The summed E-state index contributed by atoms with van der Waals surface area (Å²) >= 11 is 6.56. The number of hydrogen-bond acceptors (Lipinski definition) is 6. The second-order valence-corrected chi connectivity index (χ2v) is 11.6. The molecular weight excluding hydrogens is 556 g/mol. The Balaban J connectivity index is 1.65. The van der Waals surface area contributed by atoms with Gasteiger partial charge in [-0.15, -0.1) is 6.58 Å². The van der Waals surface area contributed by atoms with E-state index in [1.165, 1.54) is 15.9 Å². The Kier molecular flexibility index (Phi) is 8.60. The third kappa shape index (κ3) is 4.75. The molecule has 8 nitrogen and oxygen atoms in total. The molecule has 2 unspecified atom stereocenters. The van der Waals surface area contributed by atoms with E-state index >= 15 is 0 Å². The van der Waals surface area contributed by atoms with Crippen molar-refractivity contribution < 1.29 is 29.0 Å². The molecule has 2 aromatic carbocycles. The van der Waals surface area contributed by atoms with Crippen molar-refractivity contribution in [2.45, 2.75) is 55.9 Å². The van der Waals surface area contributed by atoms with E-state index in [0.29, 0.717) is 36.4 Å². The van der Waals surface area contributed by atoms with Gasteiger partial charge in [-0.2, -0.15) is 0 Å². The van der Waals surface area contributed by atoms with E-state index in [2.05, 4.69) is 13.2 Å². The number of rotatable bonds is 12. The number of carbonyl (C=O) groups is 3. The number of ether oxygens (including phenoxy) is 2. The molecule has 222 valence electrons. The van der Waals surface area contributed by atoms with E-state index in [1.807, 2.05) is 37.3 Å². The number of nitrogens with zero attached hydrogens (tertiary/aromatic N) is 2. The van der Waals surface area contributed by atoms with Gasteiger partial charge < -0.3 is 24.4 Å². The molecule has 0 saturated carbocycles. The molecule has 3 fully saturated rings. The molecule has 6 atom stereocenters. The normalized spacial score (nSPS) is 28.3. The highest BCUT2D eigenvalue weighted by atomic mass is 35.5. The zero-order chi connectivity index (χ0) is 30.1. The van der Waals surface area contributed by atoms with Gasteiger partial charge >= 0.3 is 5.97 Å². The summed E-state index contributed by atoms with van der Waals surface area (Å²) in [6, 6.07) is 14.6. The van der Waals surface area contributed by atoms with E-state index in [4.69, 9.17) is 21.1 Å². The zero-order valence-corrected chi connectivity index (χ0v) is 24.5. The molecule has 0 aliphatic carbocycles. The summed E-state index contributed by atoms with van der Waals surface area (Å²) in [7, 11) is 0. The van der Waals surface area contributed by atoms with Gasteiger partial charge in [0.15, 0.2) is 0 Å². The lowest BCUT2D eigenvalue weighted by Crippen LogP contribution is -2.59. The van der Waals surface area contributed by atoms with Crippen molar-refractivity contribution >= 4 is 35.1 Å². The Morgan fingerprint density at radius 1 is 1.17 bits per heavy atom. The number of para-hydroxylation sites is 1. The standard InChI is InChI=1S/C33H37ClN2O6/c1-4-18-35(25-15-11-10-14-24(25)34)30(39)28-33-17-16-32(6-3,42-33)27(31(40)41-19-5-2)26(33)29(38)36(28)23(21-37)20-22-12-8-7-9-13-22/h4-5,7-15,23,26-28,37H,1-2,6,16-21H2,3H3/t23-,26+,27-,28?,32+,33?/m1/s1. The molecule has 5 rings (SSSR count). The number of likely N-dealkylation sites (tertiary alicyclic amines) is 1.